The zero-order chi connectivity index (χ0) is 24.4. The van der Waals surface area contributed by atoms with Gasteiger partial charge in [-0.3, -0.25) is 0 Å². The summed E-state index contributed by atoms with van der Waals surface area (Å²) in [6, 6.07) is 18.8. The summed E-state index contributed by atoms with van der Waals surface area (Å²) in [6.07, 6.45) is -1.37. The Bertz CT molecular complexity index is 1440. The molecule has 6 N–H and O–H groups in total. The Kier molecular flexibility index (Phi) is 4.59. The van der Waals surface area contributed by atoms with Crippen LogP contribution in [0.15, 0.2) is 72.8 Å². The van der Waals surface area contributed by atoms with Crippen LogP contribution in [0.1, 0.15) is 57.4 Å². The lowest BCUT2D eigenvalue weighted by Crippen LogP contribution is -2.25. The molecule has 0 aromatic heterocycles. The molecule has 7 heteroatoms. The Hall–Kier alpha value is -4.36. The number of ether oxygens (including phenoxy) is 1. The number of fused-ring (bicyclic) bond motifs is 2. The first-order chi connectivity index (χ1) is 16.8. The van der Waals surface area contributed by atoms with E-state index in [9.17, 15) is 30.6 Å². The van der Waals surface area contributed by atoms with Crippen LogP contribution < -0.4 is 0 Å². The van der Waals surface area contributed by atoms with Gasteiger partial charge in [-0.15, -0.1) is 0 Å². The van der Waals surface area contributed by atoms with E-state index in [2.05, 4.69) is 0 Å². The van der Waals surface area contributed by atoms with Crippen LogP contribution in [0.3, 0.4) is 0 Å². The molecule has 0 spiro atoms. The Balaban J connectivity index is 1.70. The highest BCUT2D eigenvalue weighted by Gasteiger charge is 2.49. The molecular formula is C28H22O7. The van der Waals surface area contributed by atoms with E-state index in [4.69, 9.17) is 4.74 Å². The molecule has 35 heavy (non-hydrogen) atoms. The van der Waals surface area contributed by atoms with E-state index in [0.717, 1.165) is 11.1 Å². The van der Waals surface area contributed by atoms with E-state index in [1.165, 1.54) is 12.1 Å². The van der Waals surface area contributed by atoms with Crippen molar-refractivity contribution in [3.63, 3.8) is 0 Å². The van der Waals surface area contributed by atoms with Crippen LogP contribution in [-0.2, 0) is 4.74 Å². The Morgan fingerprint density at radius 1 is 0.457 bits per heavy atom. The van der Waals surface area contributed by atoms with E-state index in [-0.39, 0.29) is 34.5 Å². The molecular weight excluding hydrogens is 448 g/mol. The molecule has 0 saturated carbocycles. The highest BCUT2D eigenvalue weighted by atomic mass is 16.5. The molecule has 1 heterocycles. The molecule has 0 unspecified atom stereocenters. The van der Waals surface area contributed by atoms with Crippen LogP contribution in [0.2, 0.25) is 0 Å². The van der Waals surface area contributed by atoms with Crippen LogP contribution in [0.5, 0.6) is 34.5 Å². The molecule has 0 radical (unpaired) electrons. The third kappa shape index (κ3) is 3.24. The van der Waals surface area contributed by atoms with Gasteiger partial charge in [0.25, 0.3) is 0 Å². The van der Waals surface area contributed by atoms with Gasteiger partial charge in [-0.05, 0) is 58.7 Å². The summed E-state index contributed by atoms with van der Waals surface area (Å²) < 4.78 is 6.69. The molecule has 2 aliphatic rings. The molecule has 4 atom stereocenters. The Morgan fingerprint density at radius 2 is 0.943 bits per heavy atom. The monoisotopic (exact) mass is 470 g/mol. The zero-order valence-electron chi connectivity index (χ0n) is 18.3. The van der Waals surface area contributed by atoms with Gasteiger partial charge < -0.3 is 35.4 Å². The summed E-state index contributed by atoms with van der Waals surface area (Å²) in [6.45, 7) is 0. The van der Waals surface area contributed by atoms with E-state index < -0.39 is 24.0 Å². The number of aromatic hydroxyl groups is 6. The van der Waals surface area contributed by atoms with Crippen molar-refractivity contribution in [2.24, 2.45) is 0 Å². The number of hydrogen-bond acceptors (Lipinski definition) is 7. The number of phenolic OH excluding ortho intramolecular Hbond substituents is 6. The van der Waals surface area contributed by atoms with Crippen molar-refractivity contribution in [1.29, 1.82) is 0 Å². The Labute approximate surface area is 200 Å². The van der Waals surface area contributed by atoms with Crippen LogP contribution in [0.25, 0.3) is 0 Å². The van der Waals surface area contributed by atoms with Crippen molar-refractivity contribution < 1.29 is 35.4 Å². The molecule has 6 rings (SSSR count). The van der Waals surface area contributed by atoms with Gasteiger partial charge in [0.05, 0.1) is 12.2 Å². The normalized spacial score (nSPS) is 22.3. The van der Waals surface area contributed by atoms with Crippen molar-refractivity contribution in [1.82, 2.24) is 0 Å². The van der Waals surface area contributed by atoms with Crippen molar-refractivity contribution in [2.75, 3.05) is 0 Å². The highest BCUT2D eigenvalue weighted by Crippen LogP contribution is 2.62. The van der Waals surface area contributed by atoms with Crippen molar-refractivity contribution in [2.45, 2.75) is 24.0 Å². The third-order valence-electron chi connectivity index (χ3n) is 6.99. The molecule has 0 fully saturated rings. The number of rotatable bonds is 2. The minimum atomic E-state index is -0.737. The maximum atomic E-state index is 11.1. The number of hydrogen-bond donors (Lipinski definition) is 6. The fourth-order valence-corrected chi connectivity index (χ4v) is 5.61. The molecule has 1 aliphatic carbocycles. The van der Waals surface area contributed by atoms with E-state index >= 15 is 0 Å². The molecule has 1 aliphatic heterocycles. The predicted octanol–water partition coefficient (Wildman–Crippen LogP) is 5.01. The lowest BCUT2D eigenvalue weighted by Gasteiger charge is -2.38. The molecule has 0 amide bonds. The second-order valence-corrected chi connectivity index (χ2v) is 9.05. The summed E-state index contributed by atoms with van der Waals surface area (Å²) in [5.74, 6) is -1.56. The van der Waals surface area contributed by atoms with Gasteiger partial charge in [0.2, 0.25) is 0 Å². The SMILES string of the molecule is Oc1ccc([C@@H]2c3c(O)cc(O)cc3[C@H]3c4c(O)cc(O)cc4[C@H]2O[C@H]3c2ccc(O)cc2)cc1. The average Bonchev–Trinajstić information content (AvgIpc) is 3.02. The second kappa shape index (κ2) is 7.58. The van der Waals surface area contributed by atoms with Gasteiger partial charge in [-0.25, -0.2) is 0 Å². The van der Waals surface area contributed by atoms with E-state index in [0.29, 0.717) is 22.3 Å². The first-order valence-corrected chi connectivity index (χ1v) is 11.2. The van der Waals surface area contributed by atoms with E-state index in [1.54, 1.807) is 60.7 Å². The minimum absolute atomic E-state index is 0.0837. The van der Waals surface area contributed by atoms with Gasteiger partial charge in [0, 0.05) is 35.1 Å². The highest BCUT2D eigenvalue weighted by molar-refractivity contribution is 5.64. The standard InChI is InChI=1S/C28H22O7/c29-15-5-1-13(2-6-15)23-24-19(9-17(31)11-21(24)33)26-25-20(10-18(32)12-22(25)34)28(23)35-27(26)14-3-7-16(30)8-4-14/h1-12,23,26-34H/t23-,26+,27+,28-/m1/s1. The quantitative estimate of drug-likeness (QED) is 0.243. The first-order valence-electron chi connectivity index (χ1n) is 11.2. The second-order valence-electron chi connectivity index (χ2n) is 9.05. The van der Waals surface area contributed by atoms with Gasteiger partial charge in [0.1, 0.15) is 34.5 Å². The van der Waals surface area contributed by atoms with Crippen molar-refractivity contribution in [3.8, 4) is 34.5 Å². The fraction of sp³-hybridized carbons (Fsp3) is 0.143. The summed E-state index contributed by atoms with van der Waals surface area (Å²) >= 11 is 0. The van der Waals surface area contributed by atoms with Crippen LogP contribution in [-0.4, -0.2) is 30.6 Å². The first kappa shape index (κ1) is 21.2. The summed E-state index contributed by atoms with van der Waals surface area (Å²) in [5, 5.41) is 62.6. The maximum absolute atomic E-state index is 11.1. The fourth-order valence-electron chi connectivity index (χ4n) is 5.61. The van der Waals surface area contributed by atoms with Gasteiger partial charge in [-0.2, -0.15) is 0 Å². The van der Waals surface area contributed by atoms with Crippen LogP contribution in [0, 0.1) is 0 Å². The number of phenols is 6. The van der Waals surface area contributed by atoms with Crippen molar-refractivity contribution >= 4 is 0 Å². The van der Waals surface area contributed by atoms with E-state index in [1.807, 2.05) is 0 Å². The lowest BCUT2D eigenvalue weighted by atomic mass is 9.79. The largest absolute Gasteiger partial charge is 0.508 e. The molecule has 4 aromatic carbocycles. The summed E-state index contributed by atoms with van der Waals surface area (Å²) in [7, 11) is 0. The number of benzene rings is 4. The summed E-state index contributed by atoms with van der Waals surface area (Å²) in [5.41, 5.74) is 3.66. The predicted molar refractivity (Wildman–Crippen MR) is 126 cm³/mol. The topological polar surface area (TPSA) is 131 Å². The lowest BCUT2D eigenvalue weighted by molar-refractivity contribution is -0.0396. The summed E-state index contributed by atoms with van der Waals surface area (Å²) in [4.78, 5) is 0. The van der Waals surface area contributed by atoms with Crippen LogP contribution >= 0.6 is 0 Å². The van der Waals surface area contributed by atoms with Gasteiger partial charge in [0.15, 0.2) is 0 Å². The van der Waals surface area contributed by atoms with Crippen molar-refractivity contribution in [3.05, 3.63) is 106 Å². The average molecular weight is 470 g/mol. The van der Waals surface area contributed by atoms with Crippen LogP contribution in [0.4, 0.5) is 0 Å². The maximum Gasteiger partial charge on any atom is 0.123 e. The van der Waals surface area contributed by atoms with Gasteiger partial charge in [-0.1, -0.05) is 24.3 Å². The zero-order valence-corrected chi connectivity index (χ0v) is 18.3. The molecule has 0 saturated heterocycles. The molecule has 176 valence electrons. The third-order valence-corrected chi connectivity index (χ3v) is 6.99. The molecule has 7 nitrogen and oxygen atoms in total. The smallest absolute Gasteiger partial charge is 0.123 e. The minimum Gasteiger partial charge on any atom is -0.508 e. The van der Waals surface area contributed by atoms with Gasteiger partial charge >= 0.3 is 0 Å². The molecule has 4 aromatic rings. The Morgan fingerprint density at radius 3 is 1.51 bits per heavy atom. The molecule has 2 bridgehead atoms.